The Morgan fingerprint density at radius 1 is 1.64 bits per heavy atom. The molecular formula is C8H5ClF2N2O. The molecular weight excluding hydrogens is 214 g/mol. The van der Waals surface area contributed by atoms with Gasteiger partial charge in [0.25, 0.3) is 6.43 Å². The number of aliphatic hydroxyl groups is 1. The first-order valence-corrected chi connectivity index (χ1v) is 3.96. The molecule has 74 valence electrons. The maximum atomic E-state index is 12.3. The Hall–Kier alpha value is -1.25. The lowest BCUT2D eigenvalue weighted by Crippen LogP contribution is -1.99. The molecule has 0 bridgehead atoms. The van der Waals surface area contributed by atoms with Gasteiger partial charge in [-0.2, -0.15) is 5.26 Å². The fourth-order valence-corrected chi connectivity index (χ4v) is 1.13. The van der Waals surface area contributed by atoms with E-state index < -0.39 is 18.7 Å². The molecule has 0 fully saturated rings. The van der Waals surface area contributed by atoms with Crippen molar-refractivity contribution in [3.63, 3.8) is 0 Å². The molecule has 0 radical (unpaired) electrons. The van der Waals surface area contributed by atoms with Crippen molar-refractivity contribution in [1.29, 1.82) is 5.26 Å². The molecule has 0 amide bonds. The number of pyridine rings is 1. The number of hydrogen-bond donors (Lipinski definition) is 1. The van der Waals surface area contributed by atoms with E-state index >= 15 is 0 Å². The zero-order valence-electron chi connectivity index (χ0n) is 6.84. The van der Waals surface area contributed by atoms with Gasteiger partial charge >= 0.3 is 0 Å². The zero-order chi connectivity index (χ0) is 10.7. The van der Waals surface area contributed by atoms with Crippen LogP contribution in [0.2, 0.25) is 5.02 Å². The van der Waals surface area contributed by atoms with Crippen molar-refractivity contribution in [2.24, 2.45) is 0 Å². The summed E-state index contributed by atoms with van der Waals surface area (Å²) in [6, 6.07) is 2.82. The molecule has 0 unspecified atom stereocenters. The van der Waals surface area contributed by atoms with Crippen LogP contribution in [0.4, 0.5) is 8.78 Å². The van der Waals surface area contributed by atoms with Gasteiger partial charge in [-0.25, -0.2) is 13.8 Å². The minimum absolute atomic E-state index is 0.00116. The van der Waals surface area contributed by atoms with Crippen LogP contribution in [0.15, 0.2) is 6.07 Å². The van der Waals surface area contributed by atoms with Gasteiger partial charge in [-0.1, -0.05) is 11.6 Å². The summed E-state index contributed by atoms with van der Waals surface area (Å²) in [6.07, 6.45) is -2.86. The van der Waals surface area contributed by atoms with Crippen LogP contribution in [0.25, 0.3) is 0 Å². The molecule has 0 spiro atoms. The van der Waals surface area contributed by atoms with Crippen LogP contribution in [0.5, 0.6) is 0 Å². The van der Waals surface area contributed by atoms with Gasteiger partial charge < -0.3 is 5.11 Å². The van der Waals surface area contributed by atoms with E-state index in [9.17, 15) is 8.78 Å². The van der Waals surface area contributed by atoms with Crippen LogP contribution in [-0.4, -0.2) is 10.1 Å². The number of hydrogen-bond acceptors (Lipinski definition) is 3. The van der Waals surface area contributed by atoms with Crippen molar-refractivity contribution >= 4 is 11.6 Å². The summed E-state index contributed by atoms with van der Waals surface area (Å²) in [5.41, 5.74) is -0.781. The zero-order valence-corrected chi connectivity index (χ0v) is 7.59. The van der Waals surface area contributed by atoms with Gasteiger partial charge in [-0.15, -0.1) is 0 Å². The van der Waals surface area contributed by atoms with Crippen LogP contribution in [0.1, 0.15) is 23.4 Å². The number of aromatic nitrogens is 1. The van der Waals surface area contributed by atoms with Crippen LogP contribution in [-0.2, 0) is 6.61 Å². The first kappa shape index (κ1) is 10.8. The van der Waals surface area contributed by atoms with Crippen molar-refractivity contribution in [3.8, 4) is 6.07 Å². The topological polar surface area (TPSA) is 56.9 Å². The molecule has 1 N–H and O–H groups in total. The second kappa shape index (κ2) is 4.31. The van der Waals surface area contributed by atoms with Crippen LogP contribution in [0, 0.1) is 11.3 Å². The predicted octanol–water partition coefficient (Wildman–Crippen LogP) is 2.04. The fourth-order valence-electron chi connectivity index (χ4n) is 0.911. The summed E-state index contributed by atoms with van der Waals surface area (Å²) in [6.45, 7) is -0.508. The summed E-state index contributed by atoms with van der Waals surface area (Å²) in [7, 11) is 0. The summed E-state index contributed by atoms with van der Waals surface area (Å²) in [5.74, 6) is 0. The van der Waals surface area contributed by atoms with Gasteiger partial charge in [-0.05, 0) is 6.07 Å². The highest BCUT2D eigenvalue weighted by Gasteiger charge is 2.18. The van der Waals surface area contributed by atoms with Crippen molar-refractivity contribution in [3.05, 3.63) is 28.0 Å². The predicted molar refractivity (Wildman–Crippen MR) is 44.8 cm³/mol. The molecule has 0 atom stereocenters. The minimum atomic E-state index is -2.86. The Balaban J connectivity index is 3.36. The van der Waals surface area contributed by atoms with Crippen molar-refractivity contribution in [2.45, 2.75) is 13.0 Å². The summed E-state index contributed by atoms with van der Waals surface area (Å²) >= 11 is 5.49. The molecule has 0 aromatic carbocycles. The van der Waals surface area contributed by atoms with Crippen LogP contribution in [0.3, 0.4) is 0 Å². The van der Waals surface area contributed by atoms with E-state index in [1.54, 1.807) is 6.07 Å². The SMILES string of the molecule is N#Cc1cc(CO)nc(C(F)F)c1Cl. The molecule has 14 heavy (non-hydrogen) atoms. The molecule has 1 aromatic rings. The molecule has 0 aliphatic heterocycles. The van der Waals surface area contributed by atoms with Gasteiger partial charge in [0, 0.05) is 0 Å². The smallest absolute Gasteiger partial charge is 0.281 e. The number of nitriles is 1. The van der Waals surface area contributed by atoms with Gasteiger partial charge in [-0.3, -0.25) is 0 Å². The summed E-state index contributed by atoms with van der Waals surface area (Å²) in [4.78, 5) is 3.42. The van der Waals surface area contributed by atoms with E-state index in [1.807, 2.05) is 0 Å². The molecule has 1 rings (SSSR count). The maximum Gasteiger partial charge on any atom is 0.281 e. The van der Waals surface area contributed by atoms with Crippen LogP contribution >= 0.6 is 11.6 Å². The Morgan fingerprint density at radius 2 is 2.29 bits per heavy atom. The standard InChI is InChI=1S/C8H5ClF2N2O/c9-6-4(2-12)1-5(3-14)13-7(6)8(10)11/h1,8,14H,3H2. The third-order valence-electron chi connectivity index (χ3n) is 1.53. The van der Waals surface area contributed by atoms with Crippen molar-refractivity contribution < 1.29 is 13.9 Å². The van der Waals surface area contributed by atoms with Crippen LogP contribution < -0.4 is 0 Å². The third-order valence-corrected chi connectivity index (χ3v) is 1.92. The molecule has 1 aromatic heterocycles. The maximum absolute atomic E-state index is 12.3. The van der Waals surface area contributed by atoms with E-state index in [0.717, 1.165) is 0 Å². The lowest BCUT2D eigenvalue weighted by Gasteiger charge is -2.05. The van der Waals surface area contributed by atoms with Gasteiger partial charge in [0.1, 0.15) is 11.8 Å². The molecule has 0 aliphatic rings. The Morgan fingerprint density at radius 3 is 2.71 bits per heavy atom. The quantitative estimate of drug-likeness (QED) is 0.826. The second-order valence-corrected chi connectivity index (χ2v) is 2.81. The Kier molecular flexibility index (Phi) is 3.33. The summed E-state index contributed by atoms with van der Waals surface area (Å²) in [5, 5.41) is 16.9. The summed E-state index contributed by atoms with van der Waals surface area (Å²) < 4.78 is 24.6. The number of alkyl halides is 2. The van der Waals surface area contributed by atoms with E-state index in [4.69, 9.17) is 22.0 Å². The minimum Gasteiger partial charge on any atom is -0.390 e. The van der Waals surface area contributed by atoms with Gasteiger partial charge in [0.2, 0.25) is 0 Å². The highest BCUT2D eigenvalue weighted by atomic mass is 35.5. The van der Waals surface area contributed by atoms with Gasteiger partial charge in [0.05, 0.1) is 22.9 Å². The first-order chi connectivity index (χ1) is 6.60. The number of aliphatic hydroxyl groups excluding tert-OH is 1. The molecule has 0 aliphatic carbocycles. The lowest BCUT2D eigenvalue weighted by atomic mass is 10.2. The third kappa shape index (κ3) is 1.97. The molecule has 3 nitrogen and oxygen atoms in total. The number of rotatable bonds is 2. The number of nitrogens with zero attached hydrogens (tertiary/aromatic N) is 2. The van der Waals surface area contributed by atoms with E-state index in [-0.39, 0.29) is 16.3 Å². The number of halogens is 3. The van der Waals surface area contributed by atoms with Crippen molar-refractivity contribution in [1.82, 2.24) is 4.98 Å². The average molecular weight is 219 g/mol. The van der Waals surface area contributed by atoms with Gasteiger partial charge in [0.15, 0.2) is 0 Å². The lowest BCUT2D eigenvalue weighted by molar-refractivity contribution is 0.145. The van der Waals surface area contributed by atoms with E-state index in [1.165, 1.54) is 6.07 Å². The molecule has 6 heteroatoms. The monoisotopic (exact) mass is 218 g/mol. The largest absolute Gasteiger partial charge is 0.390 e. The molecule has 0 saturated carbocycles. The van der Waals surface area contributed by atoms with E-state index in [2.05, 4.69) is 4.98 Å². The Labute approximate surface area is 83.6 Å². The molecule has 0 saturated heterocycles. The highest BCUT2D eigenvalue weighted by molar-refractivity contribution is 6.32. The normalized spacial score (nSPS) is 10.3. The van der Waals surface area contributed by atoms with Crippen molar-refractivity contribution in [2.75, 3.05) is 0 Å². The molecule has 1 heterocycles. The van der Waals surface area contributed by atoms with E-state index in [0.29, 0.717) is 0 Å². The fraction of sp³-hybridized carbons (Fsp3) is 0.250. The Bertz CT molecular complexity index is 390. The first-order valence-electron chi connectivity index (χ1n) is 3.58. The highest BCUT2D eigenvalue weighted by Crippen LogP contribution is 2.28. The second-order valence-electron chi connectivity index (χ2n) is 2.43. The average Bonchev–Trinajstić information content (AvgIpc) is 2.17.